The highest BCUT2D eigenvalue weighted by Crippen LogP contribution is 2.48. The molecular formula is C66H42N2OS. The largest absolute Gasteiger partial charge is 0.454 e. The third-order valence-electron chi connectivity index (χ3n) is 14.0. The van der Waals surface area contributed by atoms with Gasteiger partial charge in [-0.1, -0.05) is 182 Å². The zero-order valence-corrected chi connectivity index (χ0v) is 38.8. The van der Waals surface area contributed by atoms with E-state index >= 15 is 0 Å². The van der Waals surface area contributed by atoms with Gasteiger partial charge in [0.1, 0.15) is 5.58 Å². The van der Waals surface area contributed by atoms with E-state index in [-0.39, 0.29) is 0 Å². The Morgan fingerprint density at radius 1 is 0.300 bits per heavy atom. The lowest BCUT2D eigenvalue weighted by molar-refractivity contribution is 0.669. The standard InChI is InChI=1S/C66H42N2OS/c1-2-17-45(18-3-1)53-24-11-27-56-55(53)26-13-30-61(56)67(50-35-33-43-15-4-6-19-46(43)39-50)52-37-38-63-60(42-52)58-28-14-31-62(65(58)69-63)68(51-36-34-44-16-5-7-20-47(44)40-51)49-22-10-21-48(41-49)54-25-12-29-59-57-23-8-9-32-64(57)70-66(54)59/h1-42H. The van der Waals surface area contributed by atoms with Crippen molar-refractivity contribution in [2.45, 2.75) is 0 Å². The van der Waals surface area contributed by atoms with Crippen molar-refractivity contribution in [3.05, 3.63) is 255 Å². The van der Waals surface area contributed by atoms with Gasteiger partial charge in [-0.15, -0.1) is 11.3 Å². The summed E-state index contributed by atoms with van der Waals surface area (Å²) >= 11 is 1.86. The molecule has 14 rings (SSSR count). The maximum atomic E-state index is 7.08. The second-order valence-electron chi connectivity index (χ2n) is 18.0. The predicted octanol–water partition coefficient (Wildman–Crippen LogP) is 19.7. The summed E-state index contributed by atoms with van der Waals surface area (Å²) in [5, 5.41) is 11.8. The fourth-order valence-electron chi connectivity index (χ4n) is 10.7. The Morgan fingerprint density at radius 2 is 0.843 bits per heavy atom. The molecule has 12 aromatic carbocycles. The molecule has 0 atom stereocenters. The first kappa shape index (κ1) is 40.1. The van der Waals surface area contributed by atoms with Gasteiger partial charge in [0.05, 0.1) is 11.4 Å². The van der Waals surface area contributed by atoms with Crippen molar-refractivity contribution in [2.24, 2.45) is 0 Å². The normalized spacial score (nSPS) is 11.7. The number of rotatable bonds is 8. The third kappa shape index (κ3) is 6.64. The van der Waals surface area contributed by atoms with E-state index in [1.807, 2.05) is 11.3 Å². The Hall–Kier alpha value is -8.96. The quantitative estimate of drug-likeness (QED) is 0.151. The SMILES string of the molecule is c1ccc(-c2cccc3c(N(c4ccc5ccccc5c4)c4ccc5oc6c(N(c7cccc(-c8cccc9c8sc8ccccc89)c7)c7ccc8ccccc8c7)cccc6c5c4)cccc23)cc1. The molecule has 0 spiro atoms. The molecule has 328 valence electrons. The molecule has 0 fully saturated rings. The zero-order valence-electron chi connectivity index (χ0n) is 38.0. The van der Waals surface area contributed by atoms with Crippen molar-refractivity contribution < 1.29 is 4.42 Å². The minimum atomic E-state index is 0.828. The number of fused-ring (bicyclic) bond motifs is 9. The Morgan fingerprint density at radius 3 is 1.63 bits per heavy atom. The topological polar surface area (TPSA) is 19.6 Å². The summed E-state index contributed by atoms with van der Waals surface area (Å²) in [5.74, 6) is 0. The molecule has 70 heavy (non-hydrogen) atoms. The Labute approximate surface area is 408 Å². The predicted molar refractivity (Wildman–Crippen MR) is 299 cm³/mol. The van der Waals surface area contributed by atoms with Crippen LogP contribution in [0, 0.1) is 0 Å². The molecule has 0 N–H and O–H groups in total. The van der Waals surface area contributed by atoms with E-state index in [2.05, 4.69) is 265 Å². The van der Waals surface area contributed by atoms with Gasteiger partial charge >= 0.3 is 0 Å². The lowest BCUT2D eigenvalue weighted by Crippen LogP contribution is -2.10. The molecular weight excluding hydrogens is 869 g/mol. The van der Waals surface area contributed by atoms with Crippen molar-refractivity contribution in [1.82, 2.24) is 0 Å². The van der Waals surface area contributed by atoms with Gasteiger partial charge in [-0.2, -0.15) is 0 Å². The second-order valence-corrected chi connectivity index (χ2v) is 19.1. The number of anilines is 6. The maximum Gasteiger partial charge on any atom is 0.159 e. The number of thiophene rings is 1. The zero-order chi connectivity index (χ0) is 46.1. The van der Waals surface area contributed by atoms with E-state index in [1.165, 1.54) is 74.7 Å². The van der Waals surface area contributed by atoms with Crippen molar-refractivity contribution >= 4 is 120 Å². The van der Waals surface area contributed by atoms with Crippen molar-refractivity contribution in [3.8, 4) is 22.3 Å². The van der Waals surface area contributed by atoms with Crippen molar-refractivity contribution in [1.29, 1.82) is 0 Å². The average Bonchev–Trinajstić information content (AvgIpc) is 4.00. The van der Waals surface area contributed by atoms with Gasteiger partial charge in [0, 0.05) is 59.1 Å². The molecule has 0 saturated carbocycles. The van der Waals surface area contributed by atoms with Crippen LogP contribution in [-0.4, -0.2) is 0 Å². The summed E-state index contributed by atoms with van der Waals surface area (Å²) in [7, 11) is 0. The highest BCUT2D eigenvalue weighted by atomic mass is 32.1. The summed E-state index contributed by atoms with van der Waals surface area (Å²) in [4.78, 5) is 4.78. The van der Waals surface area contributed by atoms with E-state index in [0.29, 0.717) is 0 Å². The highest BCUT2D eigenvalue weighted by molar-refractivity contribution is 7.26. The van der Waals surface area contributed by atoms with E-state index in [9.17, 15) is 0 Å². The van der Waals surface area contributed by atoms with Gasteiger partial charge in [0.15, 0.2) is 5.58 Å². The maximum absolute atomic E-state index is 7.08. The number of para-hydroxylation sites is 1. The monoisotopic (exact) mass is 910 g/mol. The van der Waals surface area contributed by atoms with E-state index in [4.69, 9.17) is 4.42 Å². The Bertz CT molecular complexity index is 4340. The number of benzene rings is 12. The molecule has 14 aromatic rings. The molecule has 2 aromatic heterocycles. The van der Waals surface area contributed by atoms with Crippen LogP contribution >= 0.6 is 11.3 Å². The van der Waals surface area contributed by atoms with Gasteiger partial charge in [-0.05, 0) is 122 Å². The molecule has 0 unspecified atom stereocenters. The minimum Gasteiger partial charge on any atom is -0.454 e. The fraction of sp³-hybridized carbons (Fsp3) is 0. The van der Waals surface area contributed by atoms with Crippen LogP contribution in [0.15, 0.2) is 259 Å². The number of hydrogen-bond donors (Lipinski definition) is 0. The molecule has 0 amide bonds. The first-order chi connectivity index (χ1) is 34.7. The summed E-state index contributed by atoms with van der Waals surface area (Å²) < 4.78 is 9.68. The van der Waals surface area contributed by atoms with Crippen LogP contribution in [-0.2, 0) is 0 Å². The van der Waals surface area contributed by atoms with Crippen LogP contribution < -0.4 is 9.80 Å². The van der Waals surface area contributed by atoms with Gasteiger partial charge in [-0.3, -0.25) is 0 Å². The molecule has 0 aliphatic carbocycles. The molecule has 0 radical (unpaired) electrons. The highest BCUT2D eigenvalue weighted by Gasteiger charge is 2.23. The number of nitrogens with zero attached hydrogens (tertiary/aromatic N) is 2. The average molecular weight is 911 g/mol. The molecule has 2 heterocycles. The van der Waals surface area contributed by atoms with E-state index in [1.54, 1.807) is 0 Å². The van der Waals surface area contributed by atoms with Crippen LogP contribution in [0.5, 0.6) is 0 Å². The summed E-state index contributed by atoms with van der Waals surface area (Å²) in [6.45, 7) is 0. The van der Waals surface area contributed by atoms with Crippen molar-refractivity contribution in [2.75, 3.05) is 9.80 Å². The second kappa shape index (κ2) is 16.4. The van der Waals surface area contributed by atoms with E-state index < -0.39 is 0 Å². The van der Waals surface area contributed by atoms with Gasteiger partial charge in [-0.25, -0.2) is 0 Å². The summed E-state index contributed by atoms with van der Waals surface area (Å²) in [5.41, 5.74) is 12.8. The Kier molecular flexibility index (Phi) is 9.39. The number of hydrogen-bond acceptors (Lipinski definition) is 4. The number of furan rings is 1. The first-order valence-corrected chi connectivity index (χ1v) is 24.6. The Balaban J connectivity index is 0.958. The lowest BCUT2D eigenvalue weighted by Gasteiger charge is -2.27. The molecule has 0 aliphatic rings. The third-order valence-corrected chi connectivity index (χ3v) is 15.2. The molecule has 3 nitrogen and oxygen atoms in total. The van der Waals surface area contributed by atoms with Crippen LogP contribution in [0.25, 0.3) is 96.7 Å². The minimum absolute atomic E-state index is 0.828. The van der Waals surface area contributed by atoms with Crippen LogP contribution in [0.2, 0.25) is 0 Å². The summed E-state index contributed by atoms with van der Waals surface area (Å²) in [6.07, 6.45) is 0. The molecule has 0 aliphatic heterocycles. The van der Waals surface area contributed by atoms with Crippen LogP contribution in [0.3, 0.4) is 0 Å². The van der Waals surface area contributed by atoms with Crippen LogP contribution in [0.1, 0.15) is 0 Å². The van der Waals surface area contributed by atoms with Gasteiger partial charge < -0.3 is 14.2 Å². The fourth-order valence-corrected chi connectivity index (χ4v) is 12.0. The van der Waals surface area contributed by atoms with Gasteiger partial charge in [0.2, 0.25) is 0 Å². The molecule has 0 saturated heterocycles. The molecule has 0 bridgehead atoms. The van der Waals surface area contributed by atoms with Gasteiger partial charge in [0.25, 0.3) is 0 Å². The summed E-state index contributed by atoms with van der Waals surface area (Å²) in [6, 6.07) is 92.4. The van der Waals surface area contributed by atoms with Crippen LogP contribution in [0.4, 0.5) is 34.1 Å². The molecule has 4 heteroatoms. The van der Waals surface area contributed by atoms with Crippen molar-refractivity contribution in [3.63, 3.8) is 0 Å². The van der Waals surface area contributed by atoms with E-state index in [0.717, 1.165) is 56.1 Å². The first-order valence-electron chi connectivity index (χ1n) is 23.8. The lowest BCUT2D eigenvalue weighted by atomic mass is 9.96. The smallest absolute Gasteiger partial charge is 0.159 e.